The molecule has 1 saturated carbocycles. The molecule has 82 valence electrons. The maximum Gasteiger partial charge on any atom is 0.0349 e. The zero-order chi connectivity index (χ0) is 10.8. The highest BCUT2D eigenvalue weighted by atomic mass is 14.6. The standard InChI is InChI=1S/C14H21N/c1-10-7-8-11(2)13(9-10)12-5-3-4-6-14(12)15/h3-6,10-11,13H,7-9,15H2,1-2H3/t10-,11-,13-/m1/s1. The first-order valence-corrected chi connectivity index (χ1v) is 6.03. The summed E-state index contributed by atoms with van der Waals surface area (Å²) < 4.78 is 0. The van der Waals surface area contributed by atoms with Gasteiger partial charge < -0.3 is 5.73 Å². The first-order chi connectivity index (χ1) is 7.18. The lowest BCUT2D eigenvalue weighted by atomic mass is 9.72. The fourth-order valence-electron chi connectivity index (χ4n) is 2.81. The molecule has 1 aromatic carbocycles. The van der Waals surface area contributed by atoms with Crippen LogP contribution in [0.5, 0.6) is 0 Å². The number of rotatable bonds is 1. The Morgan fingerprint density at radius 2 is 1.87 bits per heavy atom. The van der Waals surface area contributed by atoms with Crippen LogP contribution in [0.2, 0.25) is 0 Å². The van der Waals surface area contributed by atoms with Crippen LogP contribution in [0.15, 0.2) is 24.3 Å². The van der Waals surface area contributed by atoms with E-state index in [-0.39, 0.29) is 0 Å². The van der Waals surface area contributed by atoms with Gasteiger partial charge in [0, 0.05) is 5.69 Å². The molecule has 0 bridgehead atoms. The van der Waals surface area contributed by atoms with Crippen LogP contribution in [0.4, 0.5) is 5.69 Å². The van der Waals surface area contributed by atoms with E-state index < -0.39 is 0 Å². The summed E-state index contributed by atoms with van der Waals surface area (Å²) in [6, 6.07) is 8.36. The molecule has 0 aliphatic heterocycles. The molecule has 2 N–H and O–H groups in total. The third-order valence-electron chi connectivity index (χ3n) is 3.85. The van der Waals surface area contributed by atoms with E-state index in [9.17, 15) is 0 Å². The van der Waals surface area contributed by atoms with E-state index in [1.807, 2.05) is 12.1 Å². The molecule has 1 aliphatic carbocycles. The number of para-hydroxylation sites is 1. The van der Waals surface area contributed by atoms with Gasteiger partial charge in [0.25, 0.3) is 0 Å². The molecule has 0 saturated heterocycles. The fraction of sp³-hybridized carbons (Fsp3) is 0.571. The van der Waals surface area contributed by atoms with E-state index in [0.29, 0.717) is 5.92 Å². The number of benzene rings is 1. The van der Waals surface area contributed by atoms with Gasteiger partial charge in [0.1, 0.15) is 0 Å². The average molecular weight is 203 g/mol. The van der Waals surface area contributed by atoms with E-state index in [4.69, 9.17) is 5.73 Å². The Labute approximate surface area is 92.7 Å². The Morgan fingerprint density at radius 3 is 2.60 bits per heavy atom. The molecule has 1 heteroatoms. The van der Waals surface area contributed by atoms with Crippen molar-refractivity contribution in [3.05, 3.63) is 29.8 Å². The number of nitrogens with two attached hydrogens (primary N) is 1. The normalized spacial score (nSPS) is 31.5. The lowest BCUT2D eigenvalue weighted by molar-refractivity contribution is 0.265. The monoisotopic (exact) mass is 203 g/mol. The zero-order valence-electron chi connectivity index (χ0n) is 9.74. The van der Waals surface area contributed by atoms with Gasteiger partial charge in [0.05, 0.1) is 0 Å². The molecule has 3 atom stereocenters. The Bertz CT molecular complexity index is 332. The van der Waals surface area contributed by atoms with Gasteiger partial charge in [-0.05, 0) is 42.2 Å². The Balaban J connectivity index is 2.25. The molecule has 0 spiro atoms. The van der Waals surface area contributed by atoms with Crippen molar-refractivity contribution in [1.82, 2.24) is 0 Å². The number of anilines is 1. The van der Waals surface area contributed by atoms with Crippen molar-refractivity contribution in [3.8, 4) is 0 Å². The Hall–Kier alpha value is -0.980. The molecule has 1 fully saturated rings. The third kappa shape index (κ3) is 2.17. The van der Waals surface area contributed by atoms with Crippen LogP contribution in [-0.4, -0.2) is 0 Å². The van der Waals surface area contributed by atoms with Crippen molar-refractivity contribution in [1.29, 1.82) is 0 Å². The lowest BCUT2D eigenvalue weighted by Crippen LogP contribution is -2.20. The summed E-state index contributed by atoms with van der Waals surface area (Å²) in [5.41, 5.74) is 8.41. The number of hydrogen-bond acceptors (Lipinski definition) is 1. The van der Waals surface area contributed by atoms with Crippen molar-refractivity contribution in [2.45, 2.75) is 39.0 Å². The van der Waals surface area contributed by atoms with Crippen LogP contribution in [0.1, 0.15) is 44.6 Å². The van der Waals surface area contributed by atoms with Crippen molar-refractivity contribution in [3.63, 3.8) is 0 Å². The molecule has 2 rings (SSSR count). The summed E-state index contributed by atoms with van der Waals surface area (Å²) in [6.07, 6.45) is 4.03. The van der Waals surface area contributed by atoms with Gasteiger partial charge in [0.2, 0.25) is 0 Å². The molecule has 1 nitrogen and oxygen atoms in total. The Morgan fingerprint density at radius 1 is 1.13 bits per heavy atom. The highest BCUT2D eigenvalue weighted by Crippen LogP contribution is 2.41. The fourth-order valence-corrected chi connectivity index (χ4v) is 2.81. The van der Waals surface area contributed by atoms with E-state index in [0.717, 1.165) is 17.5 Å². The van der Waals surface area contributed by atoms with Crippen molar-refractivity contribution in [2.75, 3.05) is 5.73 Å². The Kier molecular flexibility index (Phi) is 2.99. The smallest absolute Gasteiger partial charge is 0.0349 e. The van der Waals surface area contributed by atoms with E-state index in [1.54, 1.807) is 0 Å². The van der Waals surface area contributed by atoms with Crippen LogP contribution in [0.25, 0.3) is 0 Å². The minimum atomic E-state index is 0.676. The molecule has 0 amide bonds. The van der Waals surface area contributed by atoms with Crippen LogP contribution >= 0.6 is 0 Å². The largest absolute Gasteiger partial charge is 0.398 e. The van der Waals surface area contributed by atoms with Crippen LogP contribution in [-0.2, 0) is 0 Å². The predicted octanol–water partition coefficient (Wildman–Crippen LogP) is 3.81. The van der Waals surface area contributed by atoms with Crippen molar-refractivity contribution < 1.29 is 0 Å². The topological polar surface area (TPSA) is 26.0 Å². The van der Waals surface area contributed by atoms with Crippen LogP contribution in [0.3, 0.4) is 0 Å². The molecule has 0 unspecified atom stereocenters. The lowest BCUT2D eigenvalue weighted by Gasteiger charge is -2.33. The number of hydrogen-bond donors (Lipinski definition) is 1. The molecule has 0 aromatic heterocycles. The maximum atomic E-state index is 6.06. The average Bonchev–Trinajstić information content (AvgIpc) is 2.23. The maximum absolute atomic E-state index is 6.06. The summed E-state index contributed by atoms with van der Waals surface area (Å²) in [5.74, 6) is 2.31. The first kappa shape index (κ1) is 10.5. The van der Waals surface area contributed by atoms with Gasteiger partial charge >= 0.3 is 0 Å². The second-order valence-corrected chi connectivity index (χ2v) is 5.13. The second kappa shape index (κ2) is 4.26. The molecule has 1 aromatic rings. The van der Waals surface area contributed by atoms with E-state index >= 15 is 0 Å². The van der Waals surface area contributed by atoms with Gasteiger partial charge in [0.15, 0.2) is 0 Å². The zero-order valence-corrected chi connectivity index (χ0v) is 9.74. The van der Waals surface area contributed by atoms with Crippen molar-refractivity contribution >= 4 is 5.69 Å². The minimum absolute atomic E-state index is 0.676. The molecule has 15 heavy (non-hydrogen) atoms. The molecular weight excluding hydrogens is 182 g/mol. The van der Waals surface area contributed by atoms with Gasteiger partial charge in [-0.25, -0.2) is 0 Å². The van der Waals surface area contributed by atoms with Crippen molar-refractivity contribution in [2.24, 2.45) is 11.8 Å². The summed E-state index contributed by atoms with van der Waals surface area (Å²) >= 11 is 0. The second-order valence-electron chi connectivity index (χ2n) is 5.13. The predicted molar refractivity (Wildman–Crippen MR) is 65.8 cm³/mol. The minimum Gasteiger partial charge on any atom is -0.398 e. The first-order valence-electron chi connectivity index (χ1n) is 6.03. The third-order valence-corrected chi connectivity index (χ3v) is 3.85. The van der Waals surface area contributed by atoms with Gasteiger partial charge in [-0.15, -0.1) is 0 Å². The highest BCUT2D eigenvalue weighted by molar-refractivity contribution is 5.48. The van der Waals surface area contributed by atoms with Crippen LogP contribution < -0.4 is 5.73 Å². The van der Waals surface area contributed by atoms with Crippen LogP contribution in [0, 0.1) is 11.8 Å². The summed E-state index contributed by atoms with van der Waals surface area (Å²) in [4.78, 5) is 0. The highest BCUT2D eigenvalue weighted by Gasteiger charge is 2.27. The molecule has 1 aliphatic rings. The van der Waals surface area contributed by atoms with Gasteiger partial charge in [-0.2, -0.15) is 0 Å². The van der Waals surface area contributed by atoms with Gasteiger partial charge in [-0.1, -0.05) is 38.5 Å². The molecular formula is C14H21N. The summed E-state index contributed by atoms with van der Waals surface area (Å²) in [5, 5.41) is 0. The summed E-state index contributed by atoms with van der Waals surface area (Å²) in [6.45, 7) is 4.72. The quantitative estimate of drug-likeness (QED) is 0.690. The van der Waals surface area contributed by atoms with E-state index in [2.05, 4.69) is 26.0 Å². The summed E-state index contributed by atoms with van der Waals surface area (Å²) in [7, 11) is 0. The SMILES string of the molecule is C[C@@H]1CC[C@@H](C)[C@H](c2ccccc2N)C1. The van der Waals surface area contributed by atoms with E-state index in [1.165, 1.54) is 24.8 Å². The molecule has 0 radical (unpaired) electrons. The molecule has 0 heterocycles. The van der Waals surface area contributed by atoms with Gasteiger partial charge in [-0.3, -0.25) is 0 Å². The number of nitrogen functional groups attached to an aromatic ring is 1.